The van der Waals surface area contributed by atoms with Gasteiger partial charge in [0.1, 0.15) is 17.3 Å². The summed E-state index contributed by atoms with van der Waals surface area (Å²) >= 11 is 0. The highest BCUT2D eigenvalue weighted by Crippen LogP contribution is 2.22. The van der Waals surface area contributed by atoms with Gasteiger partial charge >= 0.3 is 0 Å². The van der Waals surface area contributed by atoms with Crippen molar-refractivity contribution < 1.29 is 9.53 Å². The number of benzene rings is 1. The number of hydrogen-bond acceptors (Lipinski definition) is 5. The monoisotopic (exact) mass is 310 g/mol. The zero-order valence-corrected chi connectivity index (χ0v) is 12.9. The maximum atomic E-state index is 12.2. The third-order valence-corrected chi connectivity index (χ3v) is 3.18. The highest BCUT2D eigenvalue weighted by Gasteiger charge is 2.15. The molecular formula is C17H18N4O2. The van der Waals surface area contributed by atoms with Gasteiger partial charge in [0.15, 0.2) is 0 Å². The van der Waals surface area contributed by atoms with E-state index in [1.807, 2.05) is 36.4 Å². The molecular weight excluding hydrogens is 292 g/mol. The van der Waals surface area contributed by atoms with E-state index < -0.39 is 0 Å². The maximum absolute atomic E-state index is 12.2. The van der Waals surface area contributed by atoms with Crippen LogP contribution in [0.4, 0.5) is 5.69 Å². The van der Waals surface area contributed by atoms with Gasteiger partial charge in [0.05, 0.1) is 12.3 Å². The summed E-state index contributed by atoms with van der Waals surface area (Å²) in [6.07, 6.45) is 0.719. The lowest BCUT2D eigenvalue weighted by atomic mass is 10.1. The number of nitriles is 1. The van der Waals surface area contributed by atoms with Crippen LogP contribution in [0.5, 0.6) is 5.88 Å². The van der Waals surface area contributed by atoms with Crippen LogP contribution in [0.3, 0.4) is 0 Å². The van der Waals surface area contributed by atoms with E-state index in [1.54, 1.807) is 6.92 Å². The molecule has 0 bridgehead atoms. The Morgan fingerprint density at radius 1 is 1.39 bits per heavy atom. The fourth-order valence-corrected chi connectivity index (χ4v) is 2.07. The van der Waals surface area contributed by atoms with E-state index in [4.69, 9.17) is 15.7 Å². The Kier molecular flexibility index (Phi) is 5.53. The van der Waals surface area contributed by atoms with E-state index in [9.17, 15) is 4.79 Å². The summed E-state index contributed by atoms with van der Waals surface area (Å²) in [5, 5.41) is 11.9. The van der Waals surface area contributed by atoms with E-state index in [1.165, 1.54) is 6.07 Å². The van der Waals surface area contributed by atoms with Crippen molar-refractivity contribution in [2.75, 3.05) is 18.9 Å². The Labute approximate surface area is 134 Å². The Balaban J connectivity index is 2.06. The first-order chi connectivity index (χ1) is 11.2. The second kappa shape index (κ2) is 7.80. The predicted molar refractivity (Wildman–Crippen MR) is 87.0 cm³/mol. The quantitative estimate of drug-likeness (QED) is 0.848. The van der Waals surface area contributed by atoms with Gasteiger partial charge < -0.3 is 15.8 Å². The Morgan fingerprint density at radius 2 is 2.13 bits per heavy atom. The zero-order valence-electron chi connectivity index (χ0n) is 12.9. The third kappa shape index (κ3) is 4.20. The summed E-state index contributed by atoms with van der Waals surface area (Å²) in [5.41, 5.74) is 7.40. The molecule has 0 saturated carbocycles. The molecule has 0 aliphatic rings. The third-order valence-electron chi connectivity index (χ3n) is 3.18. The minimum Gasteiger partial charge on any atom is -0.477 e. The van der Waals surface area contributed by atoms with Gasteiger partial charge in [-0.1, -0.05) is 30.3 Å². The molecule has 23 heavy (non-hydrogen) atoms. The molecule has 2 aromatic rings. The Hall–Kier alpha value is -3.07. The number of rotatable bonds is 6. The minimum atomic E-state index is -0.349. The molecule has 1 heterocycles. The van der Waals surface area contributed by atoms with Gasteiger partial charge in [-0.3, -0.25) is 4.79 Å². The number of aromatic nitrogens is 1. The molecule has 1 amide bonds. The molecule has 0 aliphatic heterocycles. The number of hydrogen-bond donors (Lipinski definition) is 2. The van der Waals surface area contributed by atoms with Crippen molar-refractivity contribution in [2.24, 2.45) is 0 Å². The summed E-state index contributed by atoms with van der Waals surface area (Å²) in [6.45, 7) is 2.58. The molecule has 0 unspecified atom stereocenters. The van der Waals surface area contributed by atoms with E-state index in [0.29, 0.717) is 13.2 Å². The van der Waals surface area contributed by atoms with Crippen LogP contribution >= 0.6 is 0 Å². The summed E-state index contributed by atoms with van der Waals surface area (Å²) in [4.78, 5) is 16.3. The highest BCUT2D eigenvalue weighted by atomic mass is 16.5. The van der Waals surface area contributed by atoms with Crippen molar-refractivity contribution in [1.29, 1.82) is 5.26 Å². The Bertz CT molecular complexity index is 723. The molecule has 0 saturated heterocycles. The fourth-order valence-electron chi connectivity index (χ4n) is 2.07. The number of nitrogens with two attached hydrogens (primary N) is 1. The molecule has 1 aromatic carbocycles. The number of nitrogens with zero attached hydrogens (tertiary/aromatic N) is 2. The number of nitrogens with one attached hydrogen (secondary N) is 1. The first kappa shape index (κ1) is 16.3. The lowest BCUT2D eigenvalue weighted by Crippen LogP contribution is -2.27. The molecule has 6 nitrogen and oxygen atoms in total. The summed E-state index contributed by atoms with van der Waals surface area (Å²) in [5.74, 6) is -0.263. The molecule has 0 fully saturated rings. The van der Waals surface area contributed by atoms with E-state index in [-0.39, 0.29) is 28.7 Å². The number of carbonyl (C=O) groups is 1. The van der Waals surface area contributed by atoms with Crippen molar-refractivity contribution in [2.45, 2.75) is 13.3 Å². The first-order valence-electron chi connectivity index (χ1n) is 7.31. The number of pyridine rings is 1. The largest absolute Gasteiger partial charge is 0.477 e. The molecule has 2 rings (SSSR count). The second-order valence-corrected chi connectivity index (χ2v) is 4.81. The predicted octanol–water partition coefficient (Wildman–Crippen LogP) is 1.91. The lowest BCUT2D eigenvalue weighted by molar-refractivity contribution is 0.0948. The normalized spacial score (nSPS) is 9.91. The number of anilines is 1. The number of nitrogen functional groups attached to an aromatic ring is 1. The van der Waals surface area contributed by atoms with Crippen molar-refractivity contribution in [1.82, 2.24) is 10.3 Å². The van der Waals surface area contributed by atoms with Crippen LogP contribution in [-0.4, -0.2) is 24.0 Å². The molecule has 0 atom stereocenters. The van der Waals surface area contributed by atoms with Crippen LogP contribution in [0.1, 0.15) is 28.5 Å². The van der Waals surface area contributed by atoms with Crippen molar-refractivity contribution in [3.05, 3.63) is 53.2 Å². The van der Waals surface area contributed by atoms with Crippen LogP contribution in [0, 0.1) is 11.3 Å². The van der Waals surface area contributed by atoms with Gasteiger partial charge in [-0.25, -0.2) is 4.98 Å². The van der Waals surface area contributed by atoms with Gasteiger partial charge in [-0.05, 0) is 25.0 Å². The molecule has 0 radical (unpaired) electrons. The molecule has 1 aromatic heterocycles. The van der Waals surface area contributed by atoms with Crippen LogP contribution in [0.2, 0.25) is 0 Å². The van der Waals surface area contributed by atoms with Gasteiger partial charge in [-0.15, -0.1) is 0 Å². The minimum absolute atomic E-state index is 0.0863. The molecule has 3 N–H and O–H groups in total. The van der Waals surface area contributed by atoms with Crippen molar-refractivity contribution in [3.8, 4) is 11.9 Å². The van der Waals surface area contributed by atoms with E-state index in [0.717, 1.165) is 12.0 Å². The topological polar surface area (TPSA) is 101 Å². The van der Waals surface area contributed by atoms with E-state index in [2.05, 4.69) is 10.3 Å². The summed E-state index contributed by atoms with van der Waals surface area (Å²) in [7, 11) is 0. The van der Waals surface area contributed by atoms with Crippen molar-refractivity contribution >= 4 is 11.6 Å². The second-order valence-electron chi connectivity index (χ2n) is 4.81. The van der Waals surface area contributed by atoms with Crippen LogP contribution in [-0.2, 0) is 6.42 Å². The Morgan fingerprint density at radius 3 is 2.78 bits per heavy atom. The van der Waals surface area contributed by atoms with Crippen LogP contribution in [0.25, 0.3) is 0 Å². The summed E-state index contributed by atoms with van der Waals surface area (Å²) < 4.78 is 5.28. The average molecular weight is 310 g/mol. The number of ether oxygens (including phenoxy) is 1. The van der Waals surface area contributed by atoms with Gasteiger partial charge in [0, 0.05) is 6.54 Å². The van der Waals surface area contributed by atoms with Gasteiger partial charge in [0.2, 0.25) is 5.88 Å². The average Bonchev–Trinajstić information content (AvgIpc) is 2.56. The standard InChI is InChI=1S/C17H18N4O2/c1-2-23-17-13(11-18)14(19)10-15(21-17)16(22)20-9-8-12-6-4-3-5-7-12/h3-7,10H,2,8-9H2,1H3,(H2,19,21)(H,20,22). The first-order valence-corrected chi connectivity index (χ1v) is 7.31. The molecule has 0 aliphatic carbocycles. The maximum Gasteiger partial charge on any atom is 0.270 e. The summed E-state index contributed by atoms with van der Waals surface area (Å²) in [6, 6.07) is 13.2. The van der Waals surface area contributed by atoms with Crippen LogP contribution < -0.4 is 15.8 Å². The molecule has 6 heteroatoms. The van der Waals surface area contributed by atoms with E-state index >= 15 is 0 Å². The fraction of sp³-hybridized carbons (Fsp3) is 0.235. The van der Waals surface area contributed by atoms with Crippen molar-refractivity contribution in [3.63, 3.8) is 0 Å². The highest BCUT2D eigenvalue weighted by molar-refractivity contribution is 5.93. The SMILES string of the molecule is CCOc1nc(C(=O)NCCc2ccccc2)cc(N)c1C#N. The van der Waals surface area contributed by atoms with Crippen LogP contribution in [0.15, 0.2) is 36.4 Å². The number of carbonyl (C=O) groups excluding carboxylic acids is 1. The number of amides is 1. The zero-order chi connectivity index (χ0) is 16.7. The van der Waals surface area contributed by atoms with Gasteiger partial charge in [-0.2, -0.15) is 5.26 Å². The smallest absolute Gasteiger partial charge is 0.270 e. The molecule has 118 valence electrons. The lowest BCUT2D eigenvalue weighted by Gasteiger charge is -2.10. The van der Waals surface area contributed by atoms with Gasteiger partial charge in [0.25, 0.3) is 5.91 Å². The molecule has 0 spiro atoms.